The summed E-state index contributed by atoms with van der Waals surface area (Å²) in [6.45, 7) is 0. The summed E-state index contributed by atoms with van der Waals surface area (Å²) in [6.07, 6.45) is 0. The van der Waals surface area contributed by atoms with E-state index in [4.69, 9.17) is 0 Å². The minimum Gasteiger partial charge on any atom is -0.344 e. The maximum absolute atomic E-state index is 2.31. The van der Waals surface area contributed by atoms with Crippen LogP contribution in [0.5, 0.6) is 0 Å². The lowest BCUT2D eigenvalue weighted by atomic mass is 9.99. The van der Waals surface area contributed by atoms with E-state index in [1.165, 1.54) is 38.4 Å². The van der Waals surface area contributed by atoms with Crippen LogP contribution in [0, 0.1) is 0 Å². The third-order valence-electron chi connectivity index (χ3n) is 7.82. The number of hydrogen-bond donors (Lipinski definition) is 0. The lowest BCUT2D eigenvalue weighted by molar-refractivity contribution is 1.23. The average molecular weight is 527 g/mol. The molecule has 196 valence electrons. The van der Waals surface area contributed by atoms with E-state index in [-0.39, 0.29) is 0 Å². The van der Waals surface area contributed by atoms with E-state index < -0.39 is 0 Å². The quantitative estimate of drug-likeness (QED) is 0.199. The molecule has 0 fully saturated rings. The van der Waals surface area contributed by atoms with Crippen LogP contribution in [0.25, 0.3) is 32.7 Å². The molecule has 0 radical (unpaired) electrons. The van der Waals surface area contributed by atoms with Crippen LogP contribution >= 0.6 is 0 Å². The number of anilines is 5. The van der Waals surface area contributed by atoms with E-state index in [1.54, 1.807) is 0 Å². The van der Waals surface area contributed by atoms with E-state index in [1.807, 2.05) is 0 Å². The highest BCUT2D eigenvalue weighted by Gasteiger charge is 2.14. The fraction of sp³-hybridized carbons (Fsp3) is 0.0256. The second-order valence-corrected chi connectivity index (χ2v) is 10.3. The number of para-hydroxylation sites is 2. The standard InChI is InChI=1S/C39H30N2/c1-40(39-37-18-10-8-12-31(37)28-32-13-9-11-19-38(32)39)33-24-20-29(21-25-33)30-22-26-36(27-23-30)41(34-14-4-2-5-15-34)35-16-6-3-7-17-35/h2-28H,1H3. The molecule has 0 saturated heterocycles. The van der Waals surface area contributed by atoms with Gasteiger partial charge in [-0.05, 0) is 76.5 Å². The Kier molecular flexibility index (Phi) is 6.42. The predicted octanol–water partition coefficient (Wildman–Crippen LogP) is 10.9. The topological polar surface area (TPSA) is 6.48 Å². The van der Waals surface area contributed by atoms with Crippen molar-refractivity contribution in [2.24, 2.45) is 0 Å². The van der Waals surface area contributed by atoms with Crippen molar-refractivity contribution in [2.75, 3.05) is 16.8 Å². The number of nitrogens with zero attached hydrogens (tertiary/aromatic N) is 2. The summed E-state index contributed by atoms with van der Waals surface area (Å²) in [5, 5.41) is 5.03. The molecular weight excluding hydrogens is 496 g/mol. The van der Waals surface area contributed by atoms with Gasteiger partial charge in [-0.1, -0.05) is 109 Å². The molecule has 0 aliphatic heterocycles. The molecule has 2 heteroatoms. The van der Waals surface area contributed by atoms with E-state index in [0.717, 1.165) is 22.7 Å². The van der Waals surface area contributed by atoms with Gasteiger partial charge in [0.05, 0.1) is 5.69 Å². The molecule has 0 bridgehead atoms. The van der Waals surface area contributed by atoms with Gasteiger partial charge in [0.25, 0.3) is 0 Å². The van der Waals surface area contributed by atoms with Crippen LogP contribution in [0.3, 0.4) is 0 Å². The van der Waals surface area contributed by atoms with Crippen molar-refractivity contribution in [3.05, 3.63) is 164 Å². The predicted molar refractivity (Wildman–Crippen MR) is 176 cm³/mol. The Balaban J connectivity index is 1.21. The normalized spacial score (nSPS) is 11.0. The third kappa shape index (κ3) is 4.70. The summed E-state index contributed by atoms with van der Waals surface area (Å²) < 4.78 is 0. The molecule has 0 aliphatic carbocycles. The Morgan fingerprint density at radius 2 is 0.756 bits per heavy atom. The molecule has 7 rings (SSSR count). The van der Waals surface area contributed by atoms with Crippen LogP contribution < -0.4 is 9.80 Å². The first-order valence-electron chi connectivity index (χ1n) is 14.0. The summed E-state index contributed by atoms with van der Waals surface area (Å²) in [5.74, 6) is 0. The third-order valence-corrected chi connectivity index (χ3v) is 7.82. The number of fused-ring (bicyclic) bond motifs is 2. The Labute approximate surface area is 241 Å². The molecular formula is C39H30N2. The Morgan fingerprint density at radius 3 is 1.24 bits per heavy atom. The number of benzene rings is 7. The molecule has 0 spiro atoms. The van der Waals surface area contributed by atoms with Gasteiger partial charge in [0, 0.05) is 40.6 Å². The van der Waals surface area contributed by atoms with E-state index in [0.29, 0.717) is 0 Å². The van der Waals surface area contributed by atoms with Crippen molar-refractivity contribution in [1.29, 1.82) is 0 Å². The van der Waals surface area contributed by atoms with Crippen molar-refractivity contribution in [3.8, 4) is 11.1 Å². The Morgan fingerprint density at radius 1 is 0.366 bits per heavy atom. The van der Waals surface area contributed by atoms with Gasteiger partial charge in [-0.3, -0.25) is 0 Å². The zero-order valence-electron chi connectivity index (χ0n) is 23.0. The Bertz CT molecular complexity index is 1830. The maximum Gasteiger partial charge on any atom is 0.0567 e. The molecule has 0 unspecified atom stereocenters. The molecule has 0 amide bonds. The van der Waals surface area contributed by atoms with Gasteiger partial charge in [0.2, 0.25) is 0 Å². The Hall–Kier alpha value is -5.34. The zero-order chi connectivity index (χ0) is 27.6. The highest BCUT2D eigenvalue weighted by molar-refractivity contribution is 6.12. The number of rotatable bonds is 6. The maximum atomic E-state index is 2.31. The molecule has 0 heterocycles. The summed E-state index contributed by atoms with van der Waals surface area (Å²) in [7, 11) is 2.17. The molecule has 0 atom stereocenters. The van der Waals surface area contributed by atoms with Crippen LogP contribution in [-0.4, -0.2) is 7.05 Å². The first-order valence-corrected chi connectivity index (χ1v) is 14.0. The first kappa shape index (κ1) is 24.7. The van der Waals surface area contributed by atoms with Crippen LogP contribution in [0.15, 0.2) is 164 Å². The van der Waals surface area contributed by atoms with Gasteiger partial charge in [-0.25, -0.2) is 0 Å². The smallest absolute Gasteiger partial charge is 0.0567 e. The molecule has 2 nitrogen and oxygen atoms in total. The fourth-order valence-corrected chi connectivity index (χ4v) is 5.76. The number of hydrogen-bond acceptors (Lipinski definition) is 2. The van der Waals surface area contributed by atoms with Gasteiger partial charge >= 0.3 is 0 Å². The van der Waals surface area contributed by atoms with Crippen molar-refractivity contribution in [3.63, 3.8) is 0 Å². The monoisotopic (exact) mass is 526 g/mol. The van der Waals surface area contributed by atoms with Crippen molar-refractivity contribution in [1.82, 2.24) is 0 Å². The highest BCUT2D eigenvalue weighted by Crippen LogP contribution is 2.39. The zero-order valence-corrected chi connectivity index (χ0v) is 23.0. The van der Waals surface area contributed by atoms with Crippen LogP contribution in [0.4, 0.5) is 28.4 Å². The van der Waals surface area contributed by atoms with Crippen molar-refractivity contribution in [2.45, 2.75) is 0 Å². The summed E-state index contributed by atoms with van der Waals surface area (Å²) >= 11 is 0. The minimum absolute atomic E-state index is 1.13. The molecule has 7 aromatic carbocycles. The van der Waals surface area contributed by atoms with Gasteiger partial charge in [-0.15, -0.1) is 0 Å². The molecule has 0 aromatic heterocycles. The lowest BCUT2D eigenvalue weighted by Crippen LogP contribution is -2.10. The second-order valence-electron chi connectivity index (χ2n) is 10.3. The lowest BCUT2D eigenvalue weighted by Gasteiger charge is -2.25. The van der Waals surface area contributed by atoms with Gasteiger partial charge < -0.3 is 9.80 Å². The van der Waals surface area contributed by atoms with Gasteiger partial charge in [-0.2, -0.15) is 0 Å². The van der Waals surface area contributed by atoms with Gasteiger partial charge in [0.15, 0.2) is 0 Å². The summed E-state index contributed by atoms with van der Waals surface area (Å²) in [6, 6.07) is 58.3. The van der Waals surface area contributed by atoms with E-state index >= 15 is 0 Å². The largest absolute Gasteiger partial charge is 0.344 e. The second kappa shape index (κ2) is 10.7. The molecule has 0 N–H and O–H groups in total. The molecule has 7 aromatic rings. The van der Waals surface area contributed by atoms with E-state index in [2.05, 4.69) is 181 Å². The molecule has 0 saturated carbocycles. The van der Waals surface area contributed by atoms with Crippen molar-refractivity contribution >= 4 is 50.0 Å². The summed E-state index contributed by atoms with van der Waals surface area (Å²) in [5.41, 5.74) is 8.19. The SMILES string of the molecule is CN(c1ccc(-c2ccc(N(c3ccccc3)c3ccccc3)cc2)cc1)c1c2ccccc2cc2ccccc12. The average Bonchev–Trinajstić information content (AvgIpc) is 3.05. The molecule has 41 heavy (non-hydrogen) atoms. The first-order chi connectivity index (χ1) is 20.3. The van der Waals surface area contributed by atoms with E-state index in [9.17, 15) is 0 Å². The van der Waals surface area contributed by atoms with Crippen LogP contribution in [-0.2, 0) is 0 Å². The van der Waals surface area contributed by atoms with Gasteiger partial charge in [0.1, 0.15) is 0 Å². The van der Waals surface area contributed by atoms with Crippen LogP contribution in [0.2, 0.25) is 0 Å². The minimum atomic E-state index is 1.13. The summed E-state index contributed by atoms with van der Waals surface area (Å²) in [4.78, 5) is 4.60. The highest BCUT2D eigenvalue weighted by atomic mass is 15.1. The van der Waals surface area contributed by atoms with Crippen molar-refractivity contribution < 1.29 is 0 Å². The fourth-order valence-electron chi connectivity index (χ4n) is 5.76. The molecule has 0 aliphatic rings. The van der Waals surface area contributed by atoms with Crippen LogP contribution in [0.1, 0.15) is 0 Å².